The number of nitrogens with zero attached hydrogens (tertiary/aromatic N) is 1. The molecule has 0 aliphatic rings. The summed E-state index contributed by atoms with van der Waals surface area (Å²) in [5.74, 6) is -0.186. The van der Waals surface area contributed by atoms with Crippen LogP contribution in [0.4, 0.5) is 0 Å². The van der Waals surface area contributed by atoms with Gasteiger partial charge in [0.25, 0.3) is 0 Å². The number of aliphatic hydroxyl groups is 1. The summed E-state index contributed by atoms with van der Waals surface area (Å²) in [6.07, 6.45) is 78.2. The molecule has 0 aliphatic heterocycles. The minimum Gasteiger partial charge on any atom is -0.387 e. The Morgan fingerprint density at radius 3 is 1.05 bits per heavy atom. The molecule has 0 radical (unpaired) electrons. The highest BCUT2D eigenvalue weighted by molar-refractivity contribution is 7.47. The molecule has 0 bridgehead atoms. The molecule has 3 atom stereocenters. The van der Waals surface area contributed by atoms with Gasteiger partial charge in [0.05, 0.1) is 39.9 Å². The number of carbonyl (C=O) groups is 1. The molecule has 0 spiro atoms. The van der Waals surface area contributed by atoms with Crippen molar-refractivity contribution >= 4 is 13.7 Å². The van der Waals surface area contributed by atoms with Crippen molar-refractivity contribution in [1.29, 1.82) is 0 Å². The number of aliphatic hydroxyl groups excluding tert-OH is 1. The molecule has 76 heavy (non-hydrogen) atoms. The van der Waals surface area contributed by atoms with Crippen molar-refractivity contribution in [3.05, 3.63) is 48.6 Å². The highest BCUT2D eigenvalue weighted by atomic mass is 31.2. The molecule has 9 heteroatoms. The Labute approximate surface area is 473 Å². The second-order valence-corrected chi connectivity index (χ2v) is 25.3. The number of amides is 1. The van der Waals surface area contributed by atoms with E-state index in [4.69, 9.17) is 9.05 Å². The van der Waals surface area contributed by atoms with E-state index in [1.807, 2.05) is 27.2 Å². The molecule has 0 aliphatic carbocycles. The van der Waals surface area contributed by atoms with Crippen molar-refractivity contribution in [3.8, 4) is 0 Å². The molecule has 0 saturated carbocycles. The molecular formula is C67H130N2O6P+. The van der Waals surface area contributed by atoms with E-state index in [1.165, 1.54) is 257 Å². The number of phosphoric acid groups is 1. The topological polar surface area (TPSA) is 105 Å². The lowest BCUT2D eigenvalue weighted by atomic mass is 10.0. The molecule has 3 N–H and O–H groups in total. The van der Waals surface area contributed by atoms with Crippen LogP contribution in [-0.2, 0) is 18.4 Å². The van der Waals surface area contributed by atoms with E-state index in [9.17, 15) is 19.4 Å². The molecule has 1 amide bonds. The van der Waals surface area contributed by atoms with Gasteiger partial charge in [-0.15, -0.1) is 0 Å². The molecule has 0 fully saturated rings. The third-order valence-electron chi connectivity index (χ3n) is 15.0. The predicted octanol–water partition coefficient (Wildman–Crippen LogP) is 20.7. The standard InChI is InChI=1S/C67H129N2O6P/c1-6-8-10-12-14-16-18-20-22-24-26-28-30-32-33-34-35-37-39-41-43-45-47-49-51-53-55-57-59-61-67(71)68-65(64-75-76(72,73)74-63-62-69(3,4)5)66(70)60-58-56-54-52-50-48-46-44-42-40-38-36-31-29-27-25-23-21-19-17-15-13-11-9-7-2/h24,26,42,44,50,52,58,60,65-66,70H,6-23,25,27-41,43,45-49,51,53-57,59,61-64H2,1-5H3,(H-,68,71,72,73)/p+1/b26-24-,44-42+,52-50+,60-58+. The first-order valence-electron chi connectivity index (χ1n) is 33.0. The number of quaternary nitrogens is 1. The summed E-state index contributed by atoms with van der Waals surface area (Å²) < 4.78 is 23.8. The van der Waals surface area contributed by atoms with Crippen LogP contribution >= 0.6 is 7.82 Å². The largest absolute Gasteiger partial charge is 0.472 e. The summed E-state index contributed by atoms with van der Waals surface area (Å²) >= 11 is 0. The fourth-order valence-corrected chi connectivity index (χ4v) is 10.6. The van der Waals surface area contributed by atoms with Gasteiger partial charge >= 0.3 is 7.82 Å². The Kier molecular flexibility index (Phi) is 56.9. The number of unbranched alkanes of at least 4 members (excludes halogenated alkanes) is 42. The zero-order chi connectivity index (χ0) is 55.6. The Hall–Kier alpha value is -1.54. The van der Waals surface area contributed by atoms with Gasteiger partial charge in [-0.3, -0.25) is 13.8 Å². The quantitative estimate of drug-likeness (QED) is 0.0243. The van der Waals surface area contributed by atoms with Gasteiger partial charge in [-0.25, -0.2) is 4.57 Å². The van der Waals surface area contributed by atoms with Crippen LogP contribution in [0.1, 0.15) is 322 Å². The van der Waals surface area contributed by atoms with Crippen LogP contribution in [0.25, 0.3) is 0 Å². The van der Waals surface area contributed by atoms with Gasteiger partial charge in [-0.05, 0) is 70.6 Å². The van der Waals surface area contributed by atoms with Crippen LogP contribution in [0.3, 0.4) is 0 Å². The van der Waals surface area contributed by atoms with Crippen molar-refractivity contribution in [3.63, 3.8) is 0 Å². The SMILES string of the molecule is CCCCCCCCCC/C=C\CCCCCCCCCCCCCCCCCCCC(=O)NC(COP(=O)(O)OCC[N+](C)(C)C)C(O)/C=C/CC/C=C/CC/C=C/CCCCCCCCCCCCCCCCC. The molecule has 8 nitrogen and oxygen atoms in total. The second kappa shape index (κ2) is 58.1. The predicted molar refractivity (Wildman–Crippen MR) is 332 cm³/mol. The van der Waals surface area contributed by atoms with Crippen molar-refractivity contribution in [1.82, 2.24) is 5.32 Å². The highest BCUT2D eigenvalue weighted by Gasteiger charge is 2.28. The molecule has 3 unspecified atom stereocenters. The Balaban J connectivity index is 4.15. The molecule has 448 valence electrons. The van der Waals surface area contributed by atoms with E-state index in [0.29, 0.717) is 17.4 Å². The maximum Gasteiger partial charge on any atom is 0.472 e. The van der Waals surface area contributed by atoms with Gasteiger partial charge in [-0.1, -0.05) is 294 Å². The third-order valence-corrected chi connectivity index (χ3v) is 16.0. The van der Waals surface area contributed by atoms with E-state index < -0.39 is 20.0 Å². The number of nitrogens with one attached hydrogen (secondary N) is 1. The number of carbonyl (C=O) groups excluding carboxylic acids is 1. The smallest absolute Gasteiger partial charge is 0.387 e. The minimum atomic E-state index is -4.36. The summed E-state index contributed by atoms with van der Waals surface area (Å²) in [6, 6.07) is -0.871. The maximum absolute atomic E-state index is 13.0. The van der Waals surface area contributed by atoms with Crippen LogP contribution in [0, 0.1) is 0 Å². The summed E-state index contributed by atoms with van der Waals surface area (Å²) in [5.41, 5.74) is 0. The normalized spacial score (nSPS) is 14.0. The molecule has 0 aromatic heterocycles. The zero-order valence-electron chi connectivity index (χ0n) is 51.3. The lowest BCUT2D eigenvalue weighted by molar-refractivity contribution is -0.870. The lowest BCUT2D eigenvalue weighted by Crippen LogP contribution is -2.45. The van der Waals surface area contributed by atoms with Gasteiger partial charge < -0.3 is 19.8 Å². The number of allylic oxidation sites excluding steroid dienone is 7. The van der Waals surface area contributed by atoms with Crippen molar-refractivity contribution in [2.75, 3.05) is 40.9 Å². The fourth-order valence-electron chi connectivity index (χ4n) is 9.84. The van der Waals surface area contributed by atoms with Gasteiger partial charge in [0, 0.05) is 6.42 Å². The second-order valence-electron chi connectivity index (χ2n) is 23.8. The molecule has 0 saturated heterocycles. The van der Waals surface area contributed by atoms with E-state index in [0.717, 1.165) is 44.9 Å². The summed E-state index contributed by atoms with van der Waals surface area (Å²) in [4.78, 5) is 23.4. The van der Waals surface area contributed by atoms with Gasteiger partial charge in [0.1, 0.15) is 13.2 Å². The van der Waals surface area contributed by atoms with Crippen LogP contribution in [0.2, 0.25) is 0 Å². The maximum atomic E-state index is 13.0. The van der Waals surface area contributed by atoms with E-state index in [2.05, 4.69) is 55.6 Å². The van der Waals surface area contributed by atoms with Crippen LogP contribution in [-0.4, -0.2) is 73.4 Å². The Morgan fingerprint density at radius 2 is 0.724 bits per heavy atom. The van der Waals surface area contributed by atoms with Crippen LogP contribution in [0.15, 0.2) is 48.6 Å². The Bertz CT molecular complexity index is 1380. The zero-order valence-corrected chi connectivity index (χ0v) is 52.2. The third kappa shape index (κ3) is 60.1. The van der Waals surface area contributed by atoms with Crippen LogP contribution in [0.5, 0.6) is 0 Å². The molecule has 0 rings (SSSR count). The summed E-state index contributed by atoms with van der Waals surface area (Å²) in [5, 5.41) is 14.0. The van der Waals surface area contributed by atoms with E-state index >= 15 is 0 Å². The van der Waals surface area contributed by atoms with Gasteiger partial charge in [0.15, 0.2) is 0 Å². The first kappa shape index (κ1) is 74.5. The monoisotopic (exact) mass is 1090 g/mol. The first-order valence-corrected chi connectivity index (χ1v) is 34.5. The molecule has 0 aromatic rings. The van der Waals surface area contributed by atoms with Gasteiger partial charge in [0.2, 0.25) is 5.91 Å². The van der Waals surface area contributed by atoms with E-state index in [-0.39, 0.29) is 19.1 Å². The summed E-state index contributed by atoms with van der Waals surface area (Å²) in [7, 11) is 1.56. The van der Waals surface area contributed by atoms with Crippen molar-refractivity contribution < 1.29 is 32.9 Å². The first-order chi connectivity index (χ1) is 37.0. The van der Waals surface area contributed by atoms with Crippen molar-refractivity contribution in [2.24, 2.45) is 0 Å². The molecule has 0 aromatic carbocycles. The number of phosphoric ester groups is 1. The van der Waals surface area contributed by atoms with Gasteiger partial charge in [-0.2, -0.15) is 0 Å². The fraction of sp³-hybridized carbons (Fsp3) is 0.866. The molecular weight excluding hydrogens is 960 g/mol. The van der Waals surface area contributed by atoms with Crippen molar-refractivity contribution in [2.45, 2.75) is 334 Å². The number of hydrogen-bond acceptors (Lipinski definition) is 5. The highest BCUT2D eigenvalue weighted by Crippen LogP contribution is 2.43. The lowest BCUT2D eigenvalue weighted by Gasteiger charge is -2.25. The number of rotatable bonds is 61. The Morgan fingerprint density at radius 1 is 0.434 bits per heavy atom. The average Bonchev–Trinajstić information content (AvgIpc) is 3.38. The molecule has 0 heterocycles. The number of likely N-dealkylation sites (N-methyl/N-ethyl adjacent to an activating group) is 1. The van der Waals surface area contributed by atoms with Crippen LogP contribution < -0.4 is 5.32 Å². The number of hydrogen-bond donors (Lipinski definition) is 3. The minimum absolute atomic E-state index is 0.0541. The summed E-state index contributed by atoms with van der Waals surface area (Å²) in [6.45, 7) is 4.83. The average molecular weight is 1090 g/mol. The van der Waals surface area contributed by atoms with E-state index in [1.54, 1.807) is 6.08 Å².